The van der Waals surface area contributed by atoms with Crippen LogP contribution >= 0.6 is 0 Å². The number of amides is 1. The lowest BCUT2D eigenvalue weighted by molar-refractivity contribution is -0.117. The Hall–Kier alpha value is -2.91. The molecule has 3 atom stereocenters. The van der Waals surface area contributed by atoms with E-state index in [1.54, 1.807) is 6.33 Å². The molecule has 2 aromatic heterocycles. The smallest absolute Gasteiger partial charge is 0.243 e. The van der Waals surface area contributed by atoms with Crippen molar-refractivity contribution in [1.82, 2.24) is 30.3 Å². The highest BCUT2D eigenvalue weighted by atomic mass is 16.5. The van der Waals surface area contributed by atoms with Gasteiger partial charge in [-0.3, -0.25) is 4.79 Å². The van der Waals surface area contributed by atoms with Gasteiger partial charge < -0.3 is 20.4 Å². The van der Waals surface area contributed by atoms with Gasteiger partial charge in [0.15, 0.2) is 5.65 Å². The van der Waals surface area contributed by atoms with E-state index >= 15 is 0 Å². The first kappa shape index (κ1) is 19.1. The van der Waals surface area contributed by atoms with Crippen molar-refractivity contribution in [3.8, 4) is 0 Å². The van der Waals surface area contributed by atoms with Crippen molar-refractivity contribution in [2.24, 2.45) is 0 Å². The van der Waals surface area contributed by atoms with Crippen molar-refractivity contribution in [2.75, 3.05) is 25.1 Å². The zero-order valence-corrected chi connectivity index (χ0v) is 17.1. The van der Waals surface area contributed by atoms with E-state index in [1.165, 1.54) is 11.6 Å². The van der Waals surface area contributed by atoms with Crippen LogP contribution in [0.25, 0.3) is 5.65 Å². The van der Waals surface area contributed by atoms with Crippen molar-refractivity contribution in [1.29, 1.82) is 0 Å². The van der Waals surface area contributed by atoms with Crippen LogP contribution in [0.1, 0.15) is 37.7 Å². The molecule has 1 unspecified atom stereocenters. The second-order valence-corrected chi connectivity index (χ2v) is 8.41. The summed E-state index contributed by atoms with van der Waals surface area (Å²) in [5.41, 5.74) is 7.14. The molecule has 5 rings (SSSR count). The molecule has 1 amide bonds. The lowest BCUT2D eigenvalue weighted by atomic mass is 9.98. The third-order valence-corrected chi connectivity index (χ3v) is 6.10. The molecular formula is C21H27N7O2. The highest BCUT2D eigenvalue weighted by molar-refractivity contribution is 5.87. The highest BCUT2D eigenvalue weighted by Crippen LogP contribution is 2.37. The van der Waals surface area contributed by atoms with E-state index in [-0.39, 0.29) is 11.9 Å². The monoisotopic (exact) mass is 409 g/mol. The highest BCUT2D eigenvalue weighted by Gasteiger charge is 2.35. The summed E-state index contributed by atoms with van der Waals surface area (Å²) >= 11 is 0. The van der Waals surface area contributed by atoms with Crippen molar-refractivity contribution in [3.05, 3.63) is 48.6 Å². The number of pyridine rings is 1. The number of hydrazine groups is 1. The Balaban J connectivity index is 1.40. The first-order valence-corrected chi connectivity index (χ1v) is 10.4. The zero-order valence-electron chi connectivity index (χ0n) is 17.1. The molecule has 2 aliphatic heterocycles. The minimum absolute atomic E-state index is 0.108. The molecule has 0 spiro atoms. The van der Waals surface area contributed by atoms with Gasteiger partial charge in [0.25, 0.3) is 0 Å². The predicted octanol–water partition coefficient (Wildman–Crippen LogP) is 1.53. The molecule has 2 aromatic rings. The van der Waals surface area contributed by atoms with Crippen LogP contribution in [0.2, 0.25) is 0 Å². The van der Waals surface area contributed by atoms with Crippen molar-refractivity contribution < 1.29 is 9.53 Å². The molecule has 0 radical (unpaired) electrons. The quantitative estimate of drug-likeness (QED) is 0.645. The van der Waals surface area contributed by atoms with Crippen LogP contribution in [0.15, 0.2) is 43.0 Å². The molecule has 1 saturated carbocycles. The van der Waals surface area contributed by atoms with E-state index in [1.807, 2.05) is 4.52 Å². The van der Waals surface area contributed by atoms with Crippen molar-refractivity contribution >= 4 is 17.2 Å². The van der Waals surface area contributed by atoms with Gasteiger partial charge in [-0.15, -0.1) is 0 Å². The number of nitrogens with one attached hydrogen (secondary N) is 3. The van der Waals surface area contributed by atoms with Crippen LogP contribution in [-0.2, 0) is 9.53 Å². The van der Waals surface area contributed by atoms with Gasteiger partial charge in [0.1, 0.15) is 12.0 Å². The number of anilines is 1. The van der Waals surface area contributed by atoms with Gasteiger partial charge in [-0.25, -0.2) is 14.9 Å². The van der Waals surface area contributed by atoms with Gasteiger partial charge in [0.05, 0.1) is 31.1 Å². The van der Waals surface area contributed by atoms with Gasteiger partial charge in [0.2, 0.25) is 5.91 Å². The van der Waals surface area contributed by atoms with Crippen LogP contribution in [0.5, 0.6) is 0 Å². The Morgan fingerprint density at radius 1 is 1.47 bits per heavy atom. The van der Waals surface area contributed by atoms with E-state index in [4.69, 9.17) is 4.74 Å². The first-order valence-electron chi connectivity index (χ1n) is 10.4. The van der Waals surface area contributed by atoms with E-state index < -0.39 is 5.66 Å². The third kappa shape index (κ3) is 3.54. The number of fused-ring (bicyclic) bond motifs is 2. The summed E-state index contributed by atoms with van der Waals surface area (Å²) in [6.45, 7) is 7.80. The van der Waals surface area contributed by atoms with Gasteiger partial charge in [-0.05, 0) is 55.9 Å². The van der Waals surface area contributed by atoms with Crippen LogP contribution in [0, 0.1) is 0 Å². The summed E-state index contributed by atoms with van der Waals surface area (Å²) in [5, 5.41) is 13.2. The molecule has 1 saturated heterocycles. The maximum Gasteiger partial charge on any atom is 0.243 e. The van der Waals surface area contributed by atoms with Crippen LogP contribution in [0.3, 0.4) is 0 Å². The summed E-state index contributed by atoms with van der Waals surface area (Å²) in [5.74, 6) is 0.250. The number of nitrogens with zero attached hydrogens (tertiary/aromatic N) is 4. The summed E-state index contributed by atoms with van der Waals surface area (Å²) < 4.78 is 7.41. The Labute approximate surface area is 175 Å². The lowest BCUT2D eigenvalue weighted by Crippen LogP contribution is -2.52. The molecular weight excluding hydrogens is 382 g/mol. The Morgan fingerprint density at radius 2 is 2.37 bits per heavy atom. The Kier molecular flexibility index (Phi) is 4.71. The van der Waals surface area contributed by atoms with Gasteiger partial charge in [-0.2, -0.15) is 5.10 Å². The second kappa shape index (κ2) is 7.41. The number of hydrogen-bond acceptors (Lipinski definition) is 7. The number of hydrogen-bond donors (Lipinski definition) is 3. The summed E-state index contributed by atoms with van der Waals surface area (Å²) in [6, 6.07) is 2.35. The fraction of sp³-hybridized carbons (Fsp3) is 0.476. The maximum atomic E-state index is 11.7. The van der Waals surface area contributed by atoms with Crippen LogP contribution in [0.4, 0.5) is 5.69 Å². The van der Waals surface area contributed by atoms with Gasteiger partial charge in [-0.1, -0.05) is 6.58 Å². The number of morpholine rings is 1. The molecule has 158 valence electrons. The minimum Gasteiger partial charge on any atom is -0.373 e. The van der Waals surface area contributed by atoms with Crippen molar-refractivity contribution in [3.63, 3.8) is 0 Å². The fourth-order valence-electron chi connectivity index (χ4n) is 4.73. The third-order valence-electron chi connectivity index (χ3n) is 6.10. The van der Waals surface area contributed by atoms with Gasteiger partial charge in [0, 0.05) is 12.2 Å². The average Bonchev–Trinajstić information content (AvgIpc) is 3.45. The van der Waals surface area contributed by atoms with Gasteiger partial charge >= 0.3 is 0 Å². The fourth-order valence-corrected chi connectivity index (χ4v) is 4.73. The molecule has 4 heterocycles. The Bertz CT molecular complexity index is 1020. The SMILES string of the molecule is C=CC(=O)N[C@@H]1CC[C@H](c2cc(NC3(C)C=C4COCCN4N3)c3ncnn3c2)C1. The number of carbonyl (C=O) groups is 1. The molecule has 1 aliphatic carbocycles. The van der Waals surface area contributed by atoms with Crippen molar-refractivity contribution in [2.45, 2.75) is 43.8 Å². The Morgan fingerprint density at radius 3 is 3.20 bits per heavy atom. The maximum absolute atomic E-state index is 11.7. The second-order valence-electron chi connectivity index (χ2n) is 8.41. The molecule has 0 aromatic carbocycles. The molecule has 30 heavy (non-hydrogen) atoms. The normalized spacial score (nSPS) is 28.3. The zero-order chi connectivity index (χ0) is 20.7. The molecule has 2 fully saturated rings. The summed E-state index contributed by atoms with van der Waals surface area (Å²) in [7, 11) is 0. The molecule has 9 nitrogen and oxygen atoms in total. The van der Waals surface area contributed by atoms with E-state index in [0.29, 0.717) is 12.5 Å². The minimum atomic E-state index is -0.440. The number of aromatic nitrogens is 3. The molecule has 3 aliphatic rings. The van der Waals surface area contributed by atoms with Crippen LogP contribution in [-0.4, -0.2) is 57.0 Å². The van der Waals surface area contributed by atoms with E-state index in [0.717, 1.165) is 49.4 Å². The molecule has 3 N–H and O–H groups in total. The summed E-state index contributed by atoms with van der Waals surface area (Å²) in [6.07, 6.45) is 10.0. The molecule has 0 bridgehead atoms. The topological polar surface area (TPSA) is 95.8 Å². The predicted molar refractivity (Wildman–Crippen MR) is 112 cm³/mol. The number of ether oxygens (including phenoxy) is 1. The van der Waals surface area contributed by atoms with E-state index in [9.17, 15) is 4.79 Å². The average molecular weight is 409 g/mol. The standard InChI is InChI=1S/C21H27N7O2/c1-3-19(29)24-16-5-4-14(8-16)15-9-18(20-22-13-23-28(20)11-15)25-21(2)10-17-12-30-7-6-27(17)26-21/h3,9-11,13-14,16,25-26H,1,4-8,12H2,2H3,(H,24,29)/t14-,16+,21?/m0/s1. The number of carbonyl (C=O) groups excluding carboxylic acids is 1. The summed E-state index contributed by atoms with van der Waals surface area (Å²) in [4.78, 5) is 16.1. The van der Waals surface area contributed by atoms with E-state index in [2.05, 4.69) is 63.0 Å². The number of rotatable bonds is 5. The first-order chi connectivity index (χ1) is 14.5. The van der Waals surface area contributed by atoms with Crippen LogP contribution < -0.4 is 16.1 Å². The largest absolute Gasteiger partial charge is 0.373 e. The molecule has 9 heteroatoms. The lowest BCUT2D eigenvalue weighted by Gasteiger charge is -2.32.